The van der Waals surface area contributed by atoms with E-state index in [9.17, 15) is 9.90 Å². The lowest BCUT2D eigenvalue weighted by atomic mass is 9.73. The second kappa shape index (κ2) is 22.0. The third kappa shape index (κ3) is 14.0. The molecule has 304 valence electrons. The molecule has 1 aromatic carbocycles. The fourth-order valence-corrected chi connectivity index (χ4v) is 8.82. The Labute approximate surface area is 322 Å². The number of benzene rings is 1. The lowest BCUT2D eigenvalue weighted by Crippen LogP contribution is -2.46. The van der Waals surface area contributed by atoms with Crippen LogP contribution >= 0.6 is 0 Å². The molecule has 6 atom stereocenters. The minimum atomic E-state index is -1.28. The van der Waals surface area contributed by atoms with Crippen molar-refractivity contribution in [2.45, 2.75) is 189 Å². The van der Waals surface area contributed by atoms with Crippen LogP contribution in [-0.4, -0.2) is 55.9 Å². The lowest BCUT2D eigenvalue weighted by Gasteiger charge is -2.45. The molecule has 4 rings (SSSR count). The molecule has 0 bridgehead atoms. The van der Waals surface area contributed by atoms with Crippen molar-refractivity contribution in [1.82, 2.24) is 0 Å². The molecule has 53 heavy (non-hydrogen) atoms. The highest BCUT2D eigenvalue weighted by Crippen LogP contribution is 2.48. The van der Waals surface area contributed by atoms with Gasteiger partial charge in [-0.25, -0.2) is 4.79 Å². The maximum Gasteiger partial charge on any atom is 0.511 e. The molecule has 8 nitrogen and oxygen atoms in total. The monoisotopic (exact) mass is 745 g/mol. The first-order valence-corrected chi connectivity index (χ1v) is 21.5. The third-order valence-electron chi connectivity index (χ3n) is 12.6. The van der Waals surface area contributed by atoms with Crippen LogP contribution in [0.4, 0.5) is 4.79 Å². The Hall–Kier alpha value is -1.87. The number of carboxylic acid groups (broad SMARTS) is 1. The molecule has 0 amide bonds. The van der Waals surface area contributed by atoms with E-state index in [1.165, 1.54) is 44.9 Å². The molecule has 1 aromatic rings. The van der Waals surface area contributed by atoms with Crippen LogP contribution in [-0.2, 0) is 25.4 Å². The van der Waals surface area contributed by atoms with Crippen LogP contribution < -0.4 is 9.47 Å². The van der Waals surface area contributed by atoms with E-state index in [4.69, 9.17) is 28.4 Å². The molecular formula is C45H76O8. The SMILES string of the molecule is Cc1c(C)c2c(c(C)c1OC(=O)O)CC(CCC(COC1CCCCO1)COC1CCCCO1)C(C)(CCCC(C)CCCC(C)CCCC(C)C)O2. The average Bonchev–Trinajstić information content (AvgIpc) is 3.13. The van der Waals surface area contributed by atoms with Gasteiger partial charge in [0.05, 0.1) is 13.2 Å². The van der Waals surface area contributed by atoms with E-state index >= 15 is 0 Å². The fourth-order valence-electron chi connectivity index (χ4n) is 8.82. The summed E-state index contributed by atoms with van der Waals surface area (Å²) < 4.78 is 37.1. The Bertz CT molecular complexity index is 1210. The highest BCUT2D eigenvalue weighted by atomic mass is 16.7. The first-order chi connectivity index (χ1) is 25.4. The Morgan fingerprint density at radius 3 is 1.87 bits per heavy atom. The van der Waals surface area contributed by atoms with E-state index in [0.717, 1.165) is 124 Å². The number of rotatable bonds is 22. The smallest absolute Gasteiger partial charge is 0.487 e. The Balaban J connectivity index is 1.44. The fraction of sp³-hybridized carbons (Fsp3) is 0.844. The summed E-state index contributed by atoms with van der Waals surface area (Å²) in [6.45, 7) is 20.5. The maximum absolute atomic E-state index is 11.7. The van der Waals surface area contributed by atoms with E-state index in [2.05, 4.69) is 34.6 Å². The third-order valence-corrected chi connectivity index (χ3v) is 12.6. The molecule has 2 saturated heterocycles. The Morgan fingerprint density at radius 2 is 1.34 bits per heavy atom. The molecule has 0 aromatic heterocycles. The summed E-state index contributed by atoms with van der Waals surface area (Å²) in [5.41, 5.74) is 3.42. The Kier molecular flexibility index (Phi) is 18.2. The van der Waals surface area contributed by atoms with Gasteiger partial charge in [0, 0.05) is 30.6 Å². The molecule has 3 aliphatic heterocycles. The Morgan fingerprint density at radius 1 is 0.774 bits per heavy atom. The highest BCUT2D eigenvalue weighted by molar-refractivity contribution is 5.67. The van der Waals surface area contributed by atoms with Gasteiger partial charge in [0.1, 0.15) is 17.1 Å². The zero-order chi connectivity index (χ0) is 38.4. The van der Waals surface area contributed by atoms with Crippen molar-refractivity contribution in [1.29, 1.82) is 0 Å². The number of ether oxygens (including phenoxy) is 6. The predicted molar refractivity (Wildman–Crippen MR) is 212 cm³/mol. The van der Waals surface area contributed by atoms with Crippen LogP contribution in [0, 0.1) is 50.4 Å². The molecule has 0 radical (unpaired) electrons. The number of carbonyl (C=O) groups is 1. The van der Waals surface area contributed by atoms with E-state index in [0.29, 0.717) is 24.9 Å². The summed E-state index contributed by atoms with van der Waals surface area (Å²) in [4.78, 5) is 11.7. The average molecular weight is 745 g/mol. The molecule has 2 fully saturated rings. The van der Waals surface area contributed by atoms with Gasteiger partial charge < -0.3 is 33.5 Å². The van der Waals surface area contributed by atoms with Gasteiger partial charge in [0.2, 0.25) is 0 Å². The van der Waals surface area contributed by atoms with Gasteiger partial charge in [-0.2, -0.15) is 0 Å². The van der Waals surface area contributed by atoms with Crippen molar-refractivity contribution < 1.29 is 38.3 Å². The summed E-state index contributed by atoms with van der Waals surface area (Å²) in [5.74, 6) is 4.13. The largest absolute Gasteiger partial charge is 0.511 e. The quantitative estimate of drug-likeness (QED) is 0.0926. The van der Waals surface area contributed by atoms with Crippen molar-refractivity contribution in [3.05, 3.63) is 22.3 Å². The first-order valence-electron chi connectivity index (χ1n) is 21.5. The molecule has 3 heterocycles. The van der Waals surface area contributed by atoms with Crippen LogP contribution in [0.5, 0.6) is 11.5 Å². The molecule has 0 saturated carbocycles. The molecule has 6 unspecified atom stereocenters. The summed E-state index contributed by atoms with van der Waals surface area (Å²) in [6.07, 6.45) is 18.8. The van der Waals surface area contributed by atoms with Crippen LogP contribution in [0.15, 0.2) is 0 Å². The number of hydrogen-bond acceptors (Lipinski definition) is 7. The second-order valence-electron chi connectivity index (χ2n) is 17.8. The summed E-state index contributed by atoms with van der Waals surface area (Å²) in [7, 11) is 0. The topological polar surface area (TPSA) is 92.7 Å². The molecular weight excluding hydrogens is 668 g/mol. The van der Waals surface area contributed by atoms with Crippen molar-refractivity contribution in [3.8, 4) is 11.5 Å². The molecule has 0 spiro atoms. The van der Waals surface area contributed by atoms with E-state index in [1.54, 1.807) is 0 Å². The molecule has 0 aliphatic carbocycles. The van der Waals surface area contributed by atoms with Gasteiger partial charge in [-0.3, -0.25) is 0 Å². The summed E-state index contributed by atoms with van der Waals surface area (Å²) >= 11 is 0. The lowest BCUT2D eigenvalue weighted by molar-refractivity contribution is -0.191. The van der Waals surface area contributed by atoms with Gasteiger partial charge >= 0.3 is 6.16 Å². The van der Waals surface area contributed by atoms with Gasteiger partial charge in [-0.1, -0.05) is 72.6 Å². The molecule has 3 aliphatic rings. The van der Waals surface area contributed by atoms with Crippen LogP contribution in [0.3, 0.4) is 0 Å². The predicted octanol–water partition coefficient (Wildman–Crippen LogP) is 11.9. The van der Waals surface area contributed by atoms with Crippen molar-refractivity contribution in [2.75, 3.05) is 26.4 Å². The van der Waals surface area contributed by atoms with Crippen molar-refractivity contribution in [3.63, 3.8) is 0 Å². The van der Waals surface area contributed by atoms with Crippen LogP contribution in [0.2, 0.25) is 0 Å². The van der Waals surface area contributed by atoms with E-state index < -0.39 is 6.16 Å². The number of fused-ring (bicyclic) bond motifs is 1. The highest BCUT2D eigenvalue weighted by Gasteiger charge is 2.42. The van der Waals surface area contributed by atoms with Gasteiger partial charge in [0.25, 0.3) is 0 Å². The minimum Gasteiger partial charge on any atom is -0.487 e. The summed E-state index contributed by atoms with van der Waals surface area (Å²) in [6, 6.07) is 0. The first kappa shape index (κ1) is 43.9. The standard InChI is InChI=1S/C45H76O8/c1-31(2)16-13-17-32(3)18-14-19-33(4)20-15-25-45(8)38(28-39-36(7)42(52-44(46)47)34(5)35(6)43(39)53-45)24-23-37(29-50-40-21-9-11-26-48-40)30-51-41-22-10-12-27-49-41/h31-33,37-38,40-41H,9-30H2,1-8H3,(H,46,47). The second-order valence-corrected chi connectivity index (χ2v) is 17.8. The normalized spacial score (nSPS) is 25.0. The minimum absolute atomic E-state index is 0.135. The van der Waals surface area contributed by atoms with Crippen molar-refractivity contribution >= 4 is 6.16 Å². The van der Waals surface area contributed by atoms with Gasteiger partial charge in [-0.05, 0) is 133 Å². The zero-order valence-electron chi connectivity index (χ0n) is 34.9. The van der Waals surface area contributed by atoms with E-state index in [1.807, 2.05) is 20.8 Å². The van der Waals surface area contributed by atoms with Gasteiger partial charge in [0.15, 0.2) is 12.6 Å². The van der Waals surface area contributed by atoms with Crippen LogP contribution in [0.25, 0.3) is 0 Å². The van der Waals surface area contributed by atoms with Crippen molar-refractivity contribution in [2.24, 2.45) is 29.6 Å². The van der Waals surface area contributed by atoms with Crippen LogP contribution in [0.1, 0.15) is 166 Å². The maximum atomic E-state index is 11.7. The zero-order valence-corrected chi connectivity index (χ0v) is 34.9. The summed E-state index contributed by atoms with van der Waals surface area (Å²) in [5, 5.41) is 9.56. The number of hydrogen-bond donors (Lipinski definition) is 1. The molecule has 1 N–H and O–H groups in total. The van der Waals surface area contributed by atoms with Gasteiger partial charge in [-0.15, -0.1) is 0 Å². The molecule has 8 heteroatoms. The van der Waals surface area contributed by atoms with E-state index in [-0.39, 0.29) is 30.0 Å².